The van der Waals surface area contributed by atoms with Crippen molar-refractivity contribution in [3.63, 3.8) is 0 Å². The maximum atomic E-state index is 2.45. The lowest BCUT2D eigenvalue weighted by molar-refractivity contribution is 0.911. The summed E-state index contributed by atoms with van der Waals surface area (Å²) in [6, 6.07) is 27.0. The Morgan fingerprint density at radius 1 is 0.625 bits per heavy atom. The quantitative estimate of drug-likeness (QED) is 0.408. The molecule has 0 radical (unpaired) electrons. The van der Waals surface area contributed by atoms with Crippen LogP contribution in [0.15, 0.2) is 114 Å². The van der Waals surface area contributed by atoms with Crippen LogP contribution >= 0.6 is 0 Å². The summed E-state index contributed by atoms with van der Waals surface area (Å²) in [6.07, 6.45) is 17.4. The lowest BCUT2D eigenvalue weighted by Crippen LogP contribution is -2.10. The number of benzene rings is 3. The Bertz CT molecular complexity index is 1260. The molecular weight excluding hydrogens is 384 g/mol. The zero-order valence-corrected chi connectivity index (χ0v) is 18.4. The highest BCUT2D eigenvalue weighted by molar-refractivity contribution is 5.79. The van der Waals surface area contributed by atoms with E-state index in [2.05, 4.69) is 103 Å². The van der Waals surface area contributed by atoms with Crippen LogP contribution in [0.4, 0.5) is 0 Å². The number of rotatable bonds is 5. The standard InChI is InChI=1S/C32H28/c1-2-6-23(7-3-1)20-24-12-14-25(15-13-24)21-28-18-19-31(32-11-5-10-30(28)32)29-17-16-26-8-4-9-27(26)22-29/h1-3,5-7,10-19,22,32H,4,8-9,20-21H2. The minimum Gasteiger partial charge on any atom is -0.0726 e. The van der Waals surface area contributed by atoms with Crippen molar-refractivity contribution in [2.75, 3.05) is 0 Å². The van der Waals surface area contributed by atoms with Gasteiger partial charge in [0.2, 0.25) is 0 Å². The third-order valence-corrected chi connectivity index (χ3v) is 7.18. The van der Waals surface area contributed by atoms with Crippen molar-refractivity contribution in [3.8, 4) is 0 Å². The highest BCUT2D eigenvalue weighted by atomic mass is 14.3. The van der Waals surface area contributed by atoms with Gasteiger partial charge >= 0.3 is 0 Å². The molecular formula is C32H28. The summed E-state index contributed by atoms with van der Waals surface area (Å²) in [7, 11) is 0. The Morgan fingerprint density at radius 3 is 2.22 bits per heavy atom. The van der Waals surface area contributed by atoms with Crippen LogP contribution in [0.3, 0.4) is 0 Å². The van der Waals surface area contributed by atoms with Crippen molar-refractivity contribution in [1.29, 1.82) is 0 Å². The Labute approximate surface area is 191 Å². The fraction of sp³-hybridized carbons (Fsp3) is 0.188. The molecule has 0 saturated carbocycles. The average molecular weight is 413 g/mol. The Morgan fingerprint density at radius 2 is 1.38 bits per heavy atom. The van der Waals surface area contributed by atoms with E-state index < -0.39 is 0 Å². The van der Waals surface area contributed by atoms with Crippen LogP contribution in [-0.4, -0.2) is 0 Å². The molecule has 3 aromatic carbocycles. The van der Waals surface area contributed by atoms with Crippen molar-refractivity contribution >= 4 is 5.57 Å². The highest BCUT2D eigenvalue weighted by Crippen LogP contribution is 2.42. The van der Waals surface area contributed by atoms with Crippen LogP contribution in [0.2, 0.25) is 0 Å². The number of aryl methyl sites for hydroxylation is 2. The zero-order chi connectivity index (χ0) is 21.3. The molecule has 1 unspecified atom stereocenters. The molecule has 32 heavy (non-hydrogen) atoms. The summed E-state index contributed by atoms with van der Waals surface area (Å²) in [5.41, 5.74) is 13.0. The summed E-state index contributed by atoms with van der Waals surface area (Å²) in [6.45, 7) is 0. The normalized spacial score (nSPS) is 18.6. The smallest absolute Gasteiger partial charge is 0.0281 e. The minimum atomic E-state index is 0.395. The van der Waals surface area contributed by atoms with Gasteiger partial charge in [-0.2, -0.15) is 0 Å². The molecule has 6 rings (SSSR count). The number of allylic oxidation sites excluding steroid dienone is 8. The fourth-order valence-electron chi connectivity index (χ4n) is 5.46. The predicted molar refractivity (Wildman–Crippen MR) is 135 cm³/mol. The monoisotopic (exact) mass is 412 g/mol. The van der Waals surface area contributed by atoms with E-state index in [0.717, 1.165) is 12.8 Å². The molecule has 0 saturated heterocycles. The molecule has 0 bridgehead atoms. The molecule has 0 fully saturated rings. The molecule has 0 N–H and O–H groups in total. The lowest BCUT2D eigenvalue weighted by atomic mass is 9.79. The summed E-state index contributed by atoms with van der Waals surface area (Å²) in [5, 5.41) is 0. The van der Waals surface area contributed by atoms with Crippen LogP contribution in [0, 0.1) is 5.92 Å². The van der Waals surface area contributed by atoms with Crippen LogP contribution in [0.5, 0.6) is 0 Å². The molecule has 0 heterocycles. The third-order valence-electron chi connectivity index (χ3n) is 7.18. The van der Waals surface area contributed by atoms with Crippen molar-refractivity contribution in [2.24, 2.45) is 5.92 Å². The summed E-state index contributed by atoms with van der Waals surface area (Å²) < 4.78 is 0. The van der Waals surface area contributed by atoms with Crippen molar-refractivity contribution in [2.45, 2.75) is 32.1 Å². The Hall–Kier alpha value is -3.38. The molecule has 0 aromatic heterocycles. The first-order valence-electron chi connectivity index (χ1n) is 11.9. The second kappa shape index (κ2) is 8.28. The van der Waals surface area contributed by atoms with Crippen molar-refractivity contribution in [1.82, 2.24) is 0 Å². The van der Waals surface area contributed by atoms with E-state index in [4.69, 9.17) is 0 Å². The maximum Gasteiger partial charge on any atom is 0.0281 e. The van der Waals surface area contributed by atoms with Gasteiger partial charge in [0.1, 0.15) is 0 Å². The van der Waals surface area contributed by atoms with Gasteiger partial charge in [0.05, 0.1) is 0 Å². The largest absolute Gasteiger partial charge is 0.0726 e. The van der Waals surface area contributed by atoms with E-state index in [1.807, 2.05) is 0 Å². The summed E-state index contributed by atoms with van der Waals surface area (Å²) in [5.74, 6) is 0.395. The molecule has 0 heteroatoms. The SMILES string of the molecule is C1=CC2C(=C1)C(Cc1ccc(Cc3ccccc3)cc1)=CC=C2c1ccc2c(c1)CCC2. The molecule has 1 atom stereocenters. The first-order chi connectivity index (χ1) is 15.8. The van der Waals surface area contributed by atoms with Crippen LogP contribution in [0.1, 0.15) is 39.8 Å². The first kappa shape index (κ1) is 19.3. The van der Waals surface area contributed by atoms with E-state index in [1.165, 1.54) is 58.2 Å². The van der Waals surface area contributed by atoms with Crippen LogP contribution in [-0.2, 0) is 25.7 Å². The lowest BCUT2D eigenvalue weighted by Gasteiger charge is -2.25. The topological polar surface area (TPSA) is 0 Å². The second-order valence-electron chi connectivity index (χ2n) is 9.29. The summed E-state index contributed by atoms with van der Waals surface area (Å²) >= 11 is 0. The number of fused-ring (bicyclic) bond motifs is 2. The third kappa shape index (κ3) is 3.71. The molecule has 3 aromatic rings. The van der Waals surface area contributed by atoms with Gasteiger partial charge in [-0.1, -0.05) is 103 Å². The van der Waals surface area contributed by atoms with E-state index in [0.29, 0.717) is 5.92 Å². The molecule has 0 nitrogen and oxygen atoms in total. The maximum absolute atomic E-state index is 2.45. The molecule has 3 aliphatic carbocycles. The fourth-order valence-corrected chi connectivity index (χ4v) is 5.46. The molecule has 0 amide bonds. The number of hydrogen-bond donors (Lipinski definition) is 0. The molecule has 0 spiro atoms. The van der Waals surface area contributed by atoms with Gasteiger partial charge in [-0.3, -0.25) is 0 Å². The van der Waals surface area contributed by atoms with Gasteiger partial charge in [0.15, 0.2) is 0 Å². The van der Waals surface area contributed by atoms with Gasteiger partial charge in [0.25, 0.3) is 0 Å². The van der Waals surface area contributed by atoms with E-state index in [-0.39, 0.29) is 0 Å². The van der Waals surface area contributed by atoms with E-state index >= 15 is 0 Å². The average Bonchev–Trinajstić information content (AvgIpc) is 3.51. The minimum absolute atomic E-state index is 0.395. The zero-order valence-electron chi connectivity index (χ0n) is 18.4. The van der Waals surface area contributed by atoms with Gasteiger partial charge in [-0.05, 0) is 82.2 Å². The molecule has 0 aliphatic heterocycles. The predicted octanol–water partition coefficient (Wildman–Crippen LogP) is 7.44. The number of hydrogen-bond acceptors (Lipinski definition) is 0. The van der Waals surface area contributed by atoms with E-state index in [1.54, 1.807) is 11.1 Å². The molecule has 156 valence electrons. The Balaban J connectivity index is 1.23. The van der Waals surface area contributed by atoms with E-state index in [9.17, 15) is 0 Å². The van der Waals surface area contributed by atoms with Gasteiger partial charge in [-0.25, -0.2) is 0 Å². The highest BCUT2D eigenvalue weighted by Gasteiger charge is 2.26. The van der Waals surface area contributed by atoms with Crippen molar-refractivity contribution < 1.29 is 0 Å². The first-order valence-corrected chi connectivity index (χ1v) is 11.9. The Kier molecular flexibility index (Phi) is 5.00. The summed E-state index contributed by atoms with van der Waals surface area (Å²) in [4.78, 5) is 0. The van der Waals surface area contributed by atoms with Crippen LogP contribution in [0.25, 0.3) is 5.57 Å². The second-order valence-corrected chi connectivity index (χ2v) is 9.29. The van der Waals surface area contributed by atoms with Gasteiger partial charge in [0, 0.05) is 5.92 Å². The van der Waals surface area contributed by atoms with Gasteiger partial charge in [-0.15, -0.1) is 0 Å². The molecule has 3 aliphatic rings. The van der Waals surface area contributed by atoms with Gasteiger partial charge < -0.3 is 0 Å². The van der Waals surface area contributed by atoms with Crippen molar-refractivity contribution in [3.05, 3.63) is 148 Å². The van der Waals surface area contributed by atoms with Crippen LogP contribution < -0.4 is 0 Å².